The maximum atomic E-state index is 11.7. The second kappa shape index (κ2) is 19.2. The lowest BCUT2D eigenvalue weighted by Crippen LogP contribution is -2.02. The molecule has 1 rings (SSSR count). The lowest BCUT2D eigenvalue weighted by molar-refractivity contribution is -0.137. The van der Waals surface area contributed by atoms with E-state index in [-0.39, 0.29) is 11.7 Å². The smallest absolute Gasteiger partial charge is 0.330 e. The summed E-state index contributed by atoms with van der Waals surface area (Å²) in [5.74, 6) is -0.182. The predicted octanol–water partition coefficient (Wildman–Crippen LogP) is 8.21. The Morgan fingerprint density at radius 3 is 1.73 bits per heavy atom. The molecule has 0 aliphatic heterocycles. The molecule has 0 spiro atoms. The standard InChI is InChI=1S/C27H44O3/c1-2-3-4-5-6-7-8-9-10-11-12-13-14-15-16-19-24-30-27(29)23-22-25-20-17-18-21-26(25)28/h17-18,20-23,28H,2-16,19,24H2,1H3/b23-22+. The van der Waals surface area contributed by atoms with Gasteiger partial charge in [0.25, 0.3) is 0 Å². The quantitative estimate of drug-likeness (QED) is 0.140. The fourth-order valence-electron chi connectivity index (χ4n) is 3.66. The Bertz CT molecular complexity index is 565. The highest BCUT2D eigenvalue weighted by atomic mass is 16.5. The molecule has 0 amide bonds. The zero-order valence-electron chi connectivity index (χ0n) is 19.2. The summed E-state index contributed by atoms with van der Waals surface area (Å²) >= 11 is 0. The van der Waals surface area contributed by atoms with E-state index in [2.05, 4.69) is 6.92 Å². The van der Waals surface area contributed by atoms with Crippen molar-refractivity contribution in [3.8, 4) is 5.75 Å². The minimum atomic E-state index is -0.348. The van der Waals surface area contributed by atoms with Crippen molar-refractivity contribution in [2.75, 3.05) is 6.61 Å². The van der Waals surface area contributed by atoms with Crippen molar-refractivity contribution >= 4 is 12.0 Å². The Hall–Kier alpha value is -1.77. The molecule has 0 unspecified atom stereocenters. The second-order valence-electron chi connectivity index (χ2n) is 8.36. The van der Waals surface area contributed by atoms with Gasteiger partial charge in [0.2, 0.25) is 0 Å². The first-order valence-electron chi connectivity index (χ1n) is 12.4. The maximum absolute atomic E-state index is 11.7. The third-order valence-electron chi connectivity index (χ3n) is 5.58. The number of hydrogen-bond acceptors (Lipinski definition) is 3. The molecule has 1 N–H and O–H groups in total. The fourth-order valence-corrected chi connectivity index (χ4v) is 3.66. The monoisotopic (exact) mass is 416 g/mol. The highest BCUT2D eigenvalue weighted by Crippen LogP contribution is 2.17. The summed E-state index contributed by atoms with van der Waals surface area (Å²) in [6.45, 7) is 2.75. The molecule has 30 heavy (non-hydrogen) atoms. The summed E-state index contributed by atoms with van der Waals surface area (Å²) in [5.41, 5.74) is 0.622. The lowest BCUT2D eigenvalue weighted by atomic mass is 10.0. The second-order valence-corrected chi connectivity index (χ2v) is 8.36. The molecule has 0 saturated carbocycles. The topological polar surface area (TPSA) is 46.5 Å². The van der Waals surface area contributed by atoms with Crippen LogP contribution < -0.4 is 0 Å². The SMILES string of the molecule is CCCCCCCCCCCCCCCCCCOC(=O)/C=C/c1ccccc1O. The first-order chi connectivity index (χ1) is 14.7. The number of esters is 1. The van der Waals surface area contributed by atoms with Gasteiger partial charge in [0.15, 0.2) is 0 Å². The molecule has 0 heterocycles. The van der Waals surface area contributed by atoms with Crippen LogP contribution in [0.4, 0.5) is 0 Å². The van der Waals surface area contributed by atoms with Crippen LogP contribution in [0, 0.1) is 0 Å². The van der Waals surface area contributed by atoms with Crippen molar-refractivity contribution in [3.63, 3.8) is 0 Å². The summed E-state index contributed by atoms with van der Waals surface area (Å²) in [6.07, 6.45) is 24.3. The molecule has 0 bridgehead atoms. The van der Waals surface area contributed by atoms with Gasteiger partial charge in [-0.05, 0) is 18.6 Å². The largest absolute Gasteiger partial charge is 0.507 e. The van der Waals surface area contributed by atoms with Gasteiger partial charge in [0, 0.05) is 11.6 Å². The number of phenols is 1. The molecule has 0 aromatic heterocycles. The van der Waals surface area contributed by atoms with E-state index in [1.54, 1.807) is 24.3 Å². The number of carbonyl (C=O) groups excluding carboxylic acids is 1. The van der Waals surface area contributed by atoms with Crippen LogP contribution in [-0.4, -0.2) is 17.7 Å². The van der Waals surface area contributed by atoms with Crippen molar-refractivity contribution in [3.05, 3.63) is 35.9 Å². The van der Waals surface area contributed by atoms with Gasteiger partial charge < -0.3 is 9.84 Å². The summed E-state index contributed by atoms with van der Waals surface area (Å²) in [4.78, 5) is 11.7. The first-order valence-corrected chi connectivity index (χ1v) is 12.4. The molecule has 0 aliphatic carbocycles. The third kappa shape index (κ3) is 15.1. The van der Waals surface area contributed by atoms with E-state index in [0.29, 0.717) is 12.2 Å². The Balaban J connectivity index is 1.82. The van der Waals surface area contributed by atoms with Crippen LogP contribution in [0.2, 0.25) is 0 Å². The minimum Gasteiger partial charge on any atom is -0.507 e. The van der Waals surface area contributed by atoms with Gasteiger partial charge in [-0.3, -0.25) is 0 Å². The Labute approximate surface area is 184 Å². The minimum absolute atomic E-state index is 0.166. The zero-order chi connectivity index (χ0) is 21.7. The van der Waals surface area contributed by atoms with Gasteiger partial charge in [0.05, 0.1) is 6.61 Å². The van der Waals surface area contributed by atoms with Gasteiger partial charge >= 0.3 is 5.97 Å². The van der Waals surface area contributed by atoms with Gasteiger partial charge in [0.1, 0.15) is 5.75 Å². The van der Waals surface area contributed by atoms with Crippen LogP contribution in [-0.2, 0) is 9.53 Å². The van der Waals surface area contributed by atoms with Gasteiger partial charge in [-0.25, -0.2) is 4.79 Å². The average molecular weight is 417 g/mol. The molecule has 0 saturated heterocycles. The van der Waals surface area contributed by atoms with E-state index in [1.165, 1.54) is 96.0 Å². The van der Waals surface area contributed by atoms with Crippen LogP contribution in [0.1, 0.15) is 115 Å². The number of benzene rings is 1. The molecular weight excluding hydrogens is 372 g/mol. The number of ether oxygens (including phenoxy) is 1. The van der Waals surface area contributed by atoms with Crippen molar-refractivity contribution in [2.45, 2.75) is 110 Å². The van der Waals surface area contributed by atoms with Gasteiger partial charge in [-0.15, -0.1) is 0 Å². The fraction of sp³-hybridized carbons (Fsp3) is 0.667. The summed E-state index contributed by atoms with van der Waals surface area (Å²) in [6, 6.07) is 6.93. The number of rotatable bonds is 19. The molecule has 0 fully saturated rings. The van der Waals surface area contributed by atoms with Crippen molar-refractivity contribution in [1.29, 1.82) is 0 Å². The number of aromatic hydroxyl groups is 1. The van der Waals surface area contributed by atoms with E-state index in [1.807, 2.05) is 6.07 Å². The van der Waals surface area contributed by atoms with Crippen molar-refractivity contribution in [1.82, 2.24) is 0 Å². The van der Waals surface area contributed by atoms with Crippen LogP contribution in [0.3, 0.4) is 0 Å². The van der Waals surface area contributed by atoms with E-state index in [0.717, 1.165) is 12.8 Å². The molecule has 170 valence electrons. The van der Waals surface area contributed by atoms with Crippen molar-refractivity contribution in [2.24, 2.45) is 0 Å². The molecule has 3 nitrogen and oxygen atoms in total. The number of phenolic OH excluding ortho intramolecular Hbond substituents is 1. The van der Waals surface area contributed by atoms with Crippen LogP contribution in [0.15, 0.2) is 30.3 Å². The van der Waals surface area contributed by atoms with Crippen LogP contribution >= 0.6 is 0 Å². The third-order valence-corrected chi connectivity index (χ3v) is 5.58. The zero-order valence-corrected chi connectivity index (χ0v) is 19.2. The summed E-state index contributed by atoms with van der Waals surface area (Å²) < 4.78 is 5.22. The van der Waals surface area contributed by atoms with Crippen LogP contribution in [0.5, 0.6) is 5.75 Å². The number of carbonyl (C=O) groups is 1. The molecule has 3 heteroatoms. The molecule has 0 atom stereocenters. The lowest BCUT2D eigenvalue weighted by Gasteiger charge is -2.04. The number of hydrogen-bond donors (Lipinski definition) is 1. The molecule has 1 aromatic carbocycles. The Morgan fingerprint density at radius 1 is 0.767 bits per heavy atom. The summed E-state index contributed by atoms with van der Waals surface area (Å²) in [7, 11) is 0. The highest BCUT2D eigenvalue weighted by Gasteiger charge is 2.00. The normalized spacial score (nSPS) is 11.2. The van der Waals surface area contributed by atoms with Crippen LogP contribution in [0.25, 0.3) is 6.08 Å². The molecule has 1 aromatic rings. The maximum Gasteiger partial charge on any atom is 0.330 e. The first kappa shape index (κ1) is 26.3. The van der Waals surface area contributed by atoms with E-state index >= 15 is 0 Å². The van der Waals surface area contributed by atoms with E-state index in [9.17, 15) is 9.90 Å². The Kier molecular flexibility index (Phi) is 16.8. The number of para-hydroxylation sites is 1. The van der Waals surface area contributed by atoms with Gasteiger partial charge in [-0.1, -0.05) is 121 Å². The van der Waals surface area contributed by atoms with E-state index in [4.69, 9.17) is 4.74 Å². The summed E-state index contributed by atoms with van der Waals surface area (Å²) in [5, 5.41) is 9.65. The van der Waals surface area contributed by atoms with E-state index < -0.39 is 0 Å². The number of unbranched alkanes of at least 4 members (excludes halogenated alkanes) is 15. The highest BCUT2D eigenvalue weighted by molar-refractivity contribution is 5.87. The average Bonchev–Trinajstić information content (AvgIpc) is 2.75. The predicted molar refractivity (Wildman–Crippen MR) is 128 cm³/mol. The molecule has 0 radical (unpaired) electrons. The molecule has 0 aliphatic rings. The Morgan fingerprint density at radius 2 is 1.23 bits per heavy atom. The van der Waals surface area contributed by atoms with Crippen molar-refractivity contribution < 1.29 is 14.6 Å². The molecular formula is C27H44O3. The van der Waals surface area contributed by atoms with Gasteiger partial charge in [-0.2, -0.15) is 0 Å².